The lowest BCUT2D eigenvalue weighted by molar-refractivity contribution is -0.0233. The van der Waals surface area contributed by atoms with Crippen LogP contribution in [0.5, 0.6) is 0 Å². The van der Waals surface area contributed by atoms with E-state index in [9.17, 15) is 24.9 Å². The lowest BCUT2D eigenvalue weighted by Gasteiger charge is -2.15. The highest BCUT2D eigenvalue weighted by Gasteiger charge is 2.44. The standard InChI is InChI=1S/C15H21N5O6/c1-7(2)9-4-20(18-17-9)6-19-3-8(14(24)16-15(19)25)13-12(23)11(22)10(5-21)26-13/h3-4,7,10-13,21-23H,5-6H2,1-2H3,(H,16,24,25). The molecule has 0 amide bonds. The Morgan fingerprint density at radius 2 is 2.00 bits per heavy atom. The van der Waals surface area contributed by atoms with Gasteiger partial charge in [-0.2, -0.15) is 0 Å². The summed E-state index contributed by atoms with van der Waals surface area (Å²) in [7, 11) is 0. The molecule has 1 aliphatic heterocycles. The average Bonchev–Trinajstić information content (AvgIpc) is 3.17. The van der Waals surface area contributed by atoms with Gasteiger partial charge in [0.25, 0.3) is 5.56 Å². The number of H-pyrrole nitrogens is 1. The second kappa shape index (κ2) is 7.11. The van der Waals surface area contributed by atoms with Crippen LogP contribution < -0.4 is 11.2 Å². The molecule has 1 aliphatic rings. The summed E-state index contributed by atoms with van der Waals surface area (Å²) in [4.78, 5) is 26.4. The Labute approximate surface area is 147 Å². The van der Waals surface area contributed by atoms with E-state index >= 15 is 0 Å². The van der Waals surface area contributed by atoms with Crippen LogP contribution in [-0.4, -0.2) is 64.8 Å². The maximum absolute atomic E-state index is 12.1. The van der Waals surface area contributed by atoms with E-state index in [1.54, 1.807) is 6.20 Å². The smallest absolute Gasteiger partial charge is 0.329 e. The first-order valence-corrected chi connectivity index (χ1v) is 8.18. The molecule has 4 atom stereocenters. The molecule has 142 valence electrons. The van der Waals surface area contributed by atoms with Gasteiger partial charge in [-0.25, -0.2) is 9.48 Å². The predicted molar refractivity (Wildman–Crippen MR) is 87.5 cm³/mol. The summed E-state index contributed by atoms with van der Waals surface area (Å²) in [5.74, 6) is 0.172. The van der Waals surface area contributed by atoms with Gasteiger partial charge >= 0.3 is 5.69 Å². The molecule has 0 bridgehead atoms. The van der Waals surface area contributed by atoms with Crippen molar-refractivity contribution in [1.82, 2.24) is 24.5 Å². The van der Waals surface area contributed by atoms with Gasteiger partial charge in [0.2, 0.25) is 0 Å². The van der Waals surface area contributed by atoms with Crippen LogP contribution in [0.3, 0.4) is 0 Å². The van der Waals surface area contributed by atoms with Gasteiger partial charge < -0.3 is 20.1 Å². The predicted octanol–water partition coefficient (Wildman–Crippen LogP) is -2.09. The zero-order valence-corrected chi connectivity index (χ0v) is 14.3. The second-order valence-corrected chi connectivity index (χ2v) is 6.55. The van der Waals surface area contributed by atoms with Crippen LogP contribution in [-0.2, 0) is 11.4 Å². The number of ether oxygens (including phenoxy) is 1. The second-order valence-electron chi connectivity index (χ2n) is 6.55. The molecule has 3 heterocycles. The molecule has 0 radical (unpaired) electrons. The van der Waals surface area contributed by atoms with E-state index in [0.717, 1.165) is 5.69 Å². The van der Waals surface area contributed by atoms with E-state index in [1.807, 2.05) is 13.8 Å². The van der Waals surface area contributed by atoms with E-state index in [0.29, 0.717) is 0 Å². The molecular formula is C15H21N5O6. The van der Waals surface area contributed by atoms with E-state index in [4.69, 9.17) is 4.74 Å². The molecule has 26 heavy (non-hydrogen) atoms. The maximum atomic E-state index is 12.1. The Morgan fingerprint density at radius 1 is 1.27 bits per heavy atom. The molecular weight excluding hydrogens is 346 g/mol. The summed E-state index contributed by atoms with van der Waals surface area (Å²) >= 11 is 0. The molecule has 1 saturated heterocycles. The minimum Gasteiger partial charge on any atom is -0.394 e. The van der Waals surface area contributed by atoms with E-state index in [2.05, 4.69) is 15.3 Å². The van der Waals surface area contributed by atoms with Crippen LogP contribution in [0.4, 0.5) is 0 Å². The summed E-state index contributed by atoms with van der Waals surface area (Å²) < 4.78 is 7.99. The SMILES string of the molecule is CC(C)c1cn(Cn2cc(C3OC(CO)C(O)C3O)c(=O)[nH]c2=O)nn1. The first-order chi connectivity index (χ1) is 12.3. The highest BCUT2D eigenvalue weighted by atomic mass is 16.6. The first-order valence-electron chi connectivity index (χ1n) is 8.18. The van der Waals surface area contributed by atoms with Crippen molar-refractivity contribution >= 4 is 0 Å². The molecule has 4 N–H and O–H groups in total. The zero-order valence-electron chi connectivity index (χ0n) is 14.3. The Balaban J connectivity index is 1.92. The van der Waals surface area contributed by atoms with Crippen molar-refractivity contribution in [2.45, 2.75) is 50.8 Å². The van der Waals surface area contributed by atoms with Crippen LogP contribution in [0.2, 0.25) is 0 Å². The summed E-state index contributed by atoms with van der Waals surface area (Å²) in [5.41, 5.74) is -0.669. The molecule has 11 nitrogen and oxygen atoms in total. The van der Waals surface area contributed by atoms with Gasteiger partial charge in [0.1, 0.15) is 31.1 Å². The number of nitrogens with zero attached hydrogens (tertiary/aromatic N) is 4. The number of aliphatic hydroxyl groups excluding tert-OH is 3. The third kappa shape index (κ3) is 3.33. The molecule has 0 aromatic carbocycles. The van der Waals surface area contributed by atoms with Crippen molar-refractivity contribution in [2.75, 3.05) is 6.61 Å². The molecule has 0 aliphatic carbocycles. The number of hydrogen-bond acceptors (Lipinski definition) is 8. The number of aliphatic hydroxyl groups is 3. The van der Waals surface area contributed by atoms with Gasteiger partial charge in [-0.3, -0.25) is 14.3 Å². The van der Waals surface area contributed by atoms with E-state index < -0.39 is 42.3 Å². The molecule has 0 saturated carbocycles. The topological polar surface area (TPSA) is 155 Å². The largest absolute Gasteiger partial charge is 0.394 e. The fraction of sp³-hybridized carbons (Fsp3) is 0.600. The van der Waals surface area contributed by atoms with Crippen molar-refractivity contribution in [3.63, 3.8) is 0 Å². The minimum atomic E-state index is -1.40. The monoisotopic (exact) mass is 367 g/mol. The molecule has 11 heteroatoms. The van der Waals surface area contributed by atoms with Crippen LogP contribution in [0.1, 0.15) is 37.1 Å². The summed E-state index contributed by atoms with van der Waals surface area (Å²) in [6.07, 6.45) is -1.99. The normalized spacial score (nSPS) is 25.9. The Kier molecular flexibility index (Phi) is 5.05. The number of hydrogen-bond donors (Lipinski definition) is 4. The summed E-state index contributed by atoms with van der Waals surface area (Å²) in [6.45, 7) is 3.40. The quantitative estimate of drug-likeness (QED) is 0.469. The van der Waals surface area contributed by atoms with Gasteiger partial charge in [-0.05, 0) is 5.92 Å². The number of aromatic nitrogens is 5. The Morgan fingerprint density at radius 3 is 2.58 bits per heavy atom. The zero-order chi connectivity index (χ0) is 19.0. The lowest BCUT2D eigenvalue weighted by atomic mass is 10.0. The van der Waals surface area contributed by atoms with Crippen LogP contribution in [0, 0.1) is 0 Å². The highest BCUT2D eigenvalue weighted by Crippen LogP contribution is 2.31. The number of aromatic amines is 1. The van der Waals surface area contributed by atoms with Crippen LogP contribution >= 0.6 is 0 Å². The minimum absolute atomic E-state index is 0.00285. The van der Waals surface area contributed by atoms with Crippen molar-refractivity contribution in [3.05, 3.63) is 44.5 Å². The van der Waals surface area contributed by atoms with Gasteiger partial charge in [0.15, 0.2) is 0 Å². The van der Waals surface area contributed by atoms with E-state index in [-0.39, 0.29) is 18.2 Å². The fourth-order valence-corrected chi connectivity index (χ4v) is 2.79. The van der Waals surface area contributed by atoms with Crippen LogP contribution in [0.25, 0.3) is 0 Å². The molecule has 2 aromatic rings. The summed E-state index contributed by atoms with van der Waals surface area (Å²) in [5, 5.41) is 37.1. The molecule has 3 rings (SSSR count). The van der Waals surface area contributed by atoms with Crippen molar-refractivity contribution < 1.29 is 20.1 Å². The Hall–Kier alpha value is -2.34. The first kappa shape index (κ1) is 18.5. The van der Waals surface area contributed by atoms with Gasteiger partial charge in [-0.1, -0.05) is 19.1 Å². The average molecular weight is 367 g/mol. The summed E-state index contributed by atoms with van der Waals surface area (Å²) in [6, 6.07) is 0. The third-order valence-electron chi connectivity index (χ3n) is 4.33. The maximum Gasteiger partial charge on any atom is 0.329 e. The van der Waals surface area contributed by atoms with Crippen molar-refractivity contribution in [1.29, 1.82) is 0 Å². The molecule has 4 unspecified atom stereocenters. The van der Waals surface area contributed by atoms with Gasteiger partial charge in [0.05, 0.1) is 24.1 Å². The van der Waals surface area contributed by atoms with Gasteiger partial charge in [0, 0.05) is 6.20 Å². The van der Waals surface area contributed by atoms with Gasteiger partial charge in [-0.15, -0.1) is 5.10 Å². The third-order valence-corrected chi connectivity index (χ3v) is 4.33. The Bertz CT molecular complexity index is 887. The van der Waals surface area contributed by atoms with E-state index in [1.165, 1.54) is 15.4 Å². The lowest BCUT2D eigenvalue weighted by Crippen LogP contribution is -2.36. The van der Waals surface area contributed by atoms with Crippen LogP contribution in [0.15, 0.2) is 22.0 Å². The molecule has 0 spiro atoms. The molecule has 1 fully saturated rings. The fourth-order valence-electron chi connectivity index (χ4n) is 2.79. The molecule has 2 aromatic heterocycles. The van der Waals surface area contributed by atoms with Crippen molar-refractivity contribution in [3.8, 4) is 0 Å². The number of nitrogens with one attached hydrogen (secondary N) is 1. The van der Waals surface area contributed by atoms with Crippen molar-refractivity contribution in [2.24, 2.45) is 0 Å². The highest BCUT2D eigenvalue weighted by molar-refractivity contribution is 5.14. The number of rotatable bonds is 5.